The summed E-state index contributed by atoms with van der Waals surface area (Å²) in [5.41, 5.74) is 5.46. The Balaban J connectivity index is 4.35. The van der Waals surface area contributed by atoms with Gasteiger partial charge in [0.15, 0.2) is 5.78 Å². The number of carbonyl (C=O) groups excluding carboxylic acids is 1. The zero-order valence-electron chi connectivity index (χ0n) is 10.3. The van der Waals surface area contributed by atoms with Crippen LogP contribution in [0.2, 0.25) is 0 Å². The third-order valence-electron chi connectivity index (χ3n) is 1.91. The lowest BCUT2D eigenvalue weighted by Crippen LogP contribution is -2.33. The van der Waals surface area contributed by atoms with Crippen LogP contribution in [0.25, 0.3) is 0 Å². The quantitative estimate of drug-likeness (QED) is 0.539. The smallest absolute Gasteiger partial charge is 0.156 e. The van der Waals surface area contributed by atoms with E-state index in [1.165, 1.54) is 0 Å². The summed E-state index contributed by atoms with van der Waals surface area (Å²) in [6.07, 6.45) is -0.333. The predicted octanol–water partition coefficient (Wildman–Crippen LogP) is 1.59. The van der Waals surface area contributed by atoms with Crippen LogP contribution in [0.3, 0.4) is 0 Å². The second-order valence-corrected chi connectivity index (χ2v) is 4.26. The maximum absolute atomic E-state index is 11.5. The van der Waals surface area contributed by atoms with Gasteiger partial charge >= 0.3 is 0 Å². The van der Waals surface area contributed by atoms with Gasteiger partial charge in [-0.05, 0) is 20.8 Å². The van der Waals surface area contributed by atoms with Crippen molar-refractivity contribution in [3.8, 4) is 0 Å². The molecule has 0 bridgehead atoms. The number of nitrogens with two attached hydrogens (primary N) is 1. The van der Waals surface area contributed by atoms with Crippen LogP contribution in [-0.2, 0) is 4.79 Å². The summed E-state index contributed by atoms with van der Waals surface area (Å²) in [5.74, 6) is 0.184. The van der Waals surface area contributed by atoms with E-state index in [2.05, 4.69) is 10.3 Å². The van der Waals surface area contributed by atoms with Crippen molar-refractivity contribution in [2.24, 2.45) is 22.0 Å². The minimum absolute atomic E-state index is 0.0248. The van der Waals surface area contributed by atoms with Crippen LogP contribution in [0.15, 0.2) is 10.3 Å². The number of ketones is 1. The predicted molar refractivity (Wildman–Crippen MR) is 60.2 cm³/mol. The lowest BCUT2D eigenvalue weighted by atomic mass is 10.1. The third-order valence-corrected chi connectivity index (χ3v) is 1.91. The fraction of sp³-hybridized carbons (Fsp3) is 0.900. The summed E-state index contributed by atoms with van der Waals surface area (Å²) in [7, 11) is 0. The minimum atomic E-state index is -0.333. The van der Waals surface area contributed by atoms with Crippen molar-refractivity contribution in [3.63, 3.8) is 0 Å². The molecule has 0 amide bonds. The Bertz CT molecular complexity index is 223. The van der Waals surface area contributed by atoms with Gasteiger partial charge in [-0.2, -0.15) is 5.11 Å². The summed E-state index contributed by atoms with van der Waals surface area (Å²) < 4.78 is 0. The molecule has 5 nitrogen and oxygen atoms in total. The van der Waals surface area contributed by atoms with Gasteiger partial charge in [-0.15, -0.1) is 0 Å². The first kappa shape index (κ1) is 14.0. The summed E-state index contributed by atoms with van der Waals surface area (Å²) in [6, 6.07) is 0.148. The molecule has 15 heavy (non-hydrogen) atoms. The van der Waals surface area contributed by atoms with Crippen LogP contribution in [-0.4, -0.2) is 29.5 Å². The summed E-state index contributed by atoms with van der Waals surface area (Å²) in [4.78, 5) is 11.5. The van der Waals surface area contributed by atoms with Crippen molar-refractivity contribution in [2.75, 3.05) is 6.54 Å². The minimum Gasteiger partial charge on any atom is -0.308 e. The molecular formula is C10H22N4O. The van der Waals surface area contributed by atoms with Crippen molar-refractivity contribution in [1.82, 2.24) is 5.01 Å². The van der Waals surface area contributed by atoms with Gasteiger partial charge in [-0.1, -0.05) is 19.1 Å². The molecule has 0 aromatic heterocycles. The fourth-order valence-electron chi connectivity index (χ4n) is 0.807. The van der Waals surface area contributed by atoms with Crippen LogP contribution in [0.1, 0.15) is 34.6 Å². The summed E-state index contributed by atoms with van der Waals surface area (Å²) in [6.45, 7) is 9.73. The average molecular weight is 214 g/mol. The van der Waals surface area contributed by atoms with Gasteiger partial charge in [-0.25, -0.2) is 0 Å². The molecule has 1 atom stereocenters. The Kier molecular flexibility index (Phi) is 6.08. The first-order valence-electron chi connectivity index (χ1n) is 5.30. The van der Waals surface area contributed by atoms with Gasteiger partial charge in [0.1, 0.15) is 6.17 Å². The topological polar surface area (TPSA) is 71.0 Å². The van der Waals surface area contributed by atoms with E-state index in [4.69, 9.17) is 5.73 Å². The molecule has 0 rings (SSSR count). The van der Waals surface area contributed by atoms with E-state index >= 15 is 0 Å². The molecule has 0 saturated heterocycles. The molecule has 0 fully saturated rings. The van der Waals surface area contributed by atoms with Crippen LogP contribution in [0.4, 0.5) is 0 Å². The van der Waals surface area contributed by atoms with Crippen molar-refractivity contribution >= 4 is 5.78 Å². The summed E-state index contributed by atoms with van der Waals surface area (Å²) in [5, 5.41) is 9.45. The molecule has 5 heteroatoms. The van der Waals surface area contributed by atoms with Crippen molar-refractivity contribution in [3.05, 3.63) is 0 Å². The van der Waals surface area contributed by atoms with E-state index in [1.54, 1.807) is 11.9 Å². The van der Waals surface area contributed by atoms with E-state index in [-0.39, 0.29) is 23.9 Å². The van der Waals surface area contributed by atoms with Crippen molar-refractivity contribution in [2.45, 2.75) is 46.8 Å². The highest BCUT2D eigenvalue weighted by molar-refractivity contribution is 5.82. The lowest BCUT2D eigenvalue weighted by molar-refractivity contribution is -0.123. The maximum Gasteiger partial charge on any atom is 0.156 e. The third kappa shape index (κ3) is 6.17. The molecule has 1 unspecified atom stereocenters. The number of carbonyl (C=O) groups is 1. The zero-order chi connectivity index (χ0) is 12.0. The number of Topliss-reactive ketones (excluding diaryl/α,β-unsaturated/α-hetero) is 1. The normalized spacial score (nSPS) is 13.9. The molecule has 0 aliphatic rings. The molecular weight excluding hydrogens is 192 g/mol. The standard InChI is InChI=1S/C10H22N4O/c1-7(2)10(15)6-14(8(3)4)13-12-9(5)11/h7-9H,6,11H2,1-5H3/b13-12-. The highest BCUT2D eigenvalue weighted by Crippen LogP contribution is 2.04. The Morgan fingerprint density at radius 1 is 1.27 bits per heavy atom. The Morgan fingerprint density at radius 3 is 2.13 bits per heavy atom. The number of hydrogen-bond acceptors (Lipinski definition) is 4. The number of rotatable bonds is 6. The van der Waals surface area contributed by atoms with Crippen LogP contribution in [0, 0.1) is 5.92 Å². The molecule has 0 spiro atoms. The number of hydrogen-bond donors (Lipinski definition) is 1. The first-order valence-corrected chi connectivity index (χ1v) is 5.30. The summed E-state index contributed by atoms with van der Waals surface area (Å²) >= 11 is 0. The highest BCUT2D eigenvalue weighted by Gasteiger charge is 2.14. The number of nitrogens with zero attached hydrogens (tertiary/aromatic N) is 3. The van der Waals surface area contributed by atoms with Gasteiger partial charge < -0.3 is 5.73 Å². The molecule has 0 aromatic rings. The molecule has 2 N–H and O–H groups in total. The molecule has 88 valence electrons. The second kappa shape index (κ2) is 6.50. The van der Waals surface area contributed by atoms with E-state index < -0.39 is 0 Å². The van der Waals surface area contributed by atoms with Crippen LogP contribution < -0.4 is 5.73 Å². The van der Waals surface area contributed by atoms with E-state index in [0.29, 0.717) is 6.54 Å². The van der Waals surface area contributed by atoms with E-state index in [0.717, 1.165) is 0 Å². The highest BCUT2D eigenvalue weighted by atomic mass is 16.1. The molecule has 0 radical (unpaired) electrons. The monoisotopic (exact) mass is 214 g/mol. The Morgan fingerprint density at radius 2 is 1.80 bits per heavy atom. The SMILES string of the molecule is CC(N)/N=N\N(CC(=O)C(C)C)C(C)C. The van der Waals surface area contributed by atoms with Gasteiger partial charge in [-0.3, -0.25) is 9.80 Å². The average Bonchev–Trinajstić information content (AvgIpc) is 2.10. The Hall–Kier alpha value is -0.970. The fourth-order valence-corrected chi connectivity index (χ4v) is 0.807. The second-order valence-electron chi connectivity index (χ2n) is 4.26. The van der Waals surface area contributed by atoms with E-state index in [9.17, 15) is 4.79 Å². The van der Waals surface area contributed by atoms with E-state index in [1.807, 2.05) is 27.7 Å². The molecule has 0 saturated carbocycles. The van der Waals surface area contributed by atoms with Crippen LogP contribution >= 0.6 is 0 Å². The zero-order valence-corrected chi connectivity index (χ0v) is 10.3. The van der Waals surface area contributed by atoms with Gasteiger partial charge in [0.25, 0.3) is 0 Å². The van der Waals surface area contributed by atoms with Crippen molar-refractivity contribution in [1.29, 1.82) is 0 Å². The van der Waals surface area contributed by atoms with Gasteiger partial charge in [0, 0.05) is 12.0 Å². The maximum atomic E-state index is 11.5. The van der Waals surface area contributed by atoms with Crippen LogP contribution in [0.5, 0.6) is 0 Å². The van der Waals surface area contributed by atoms with Crippen molar-refractivity contribution < 1.29 is 4.79 Å². The first-order chi connectivity index (χ1) is 6.84. The lowest BCUT2D eigenvalue weighted by Gasteiger charge is -2.22. The van der Waals surface area contributed by atoms with Gasteiger partial charge in [0.2, 0.25) is 0 Å². The molecule has 0 aliphatic heterocycles. The Labute approximate surface area is 91.7 Å². The molecule has 0 aliphatic carbocycles. The molecule has 0 heterocycles. The van der Waals surface area contributed by atoms with Gasteiger partial charge in [0.05, 0.1) is 6.54 Å². The largest absolute Gasteiger partial charge is 0.308 e. The molecule has 0 aromatic carbocycles.